The van der Waals surface area contributed by atoms with Crippen LogP contribution in [0, 0.1) is 0 Å². The van der Waals surface area contributed by atoms with Gasteiger partial charge in [0.05, 0.1) is 25.4 Å². The Kier molecular flexibility index (Phi) is 51.1. The summed E-state index contributed by atoms with van der Waals surface area (Å²) in [5.74, 6) is -1.29. The highest BCUT2D eigenvalue weighted by Gasteiger charge is 2.47. The summed E-state index contributed by atoms with van der Waals surface area (Å²) < 4.78 is 17.5. The van der Waals surface area contributed by atoms with Crippen molar-refractivity contribution in [3.63, 3.8) is 0 Å². The predicted molar refractivity (Wildman–Crippen MR) is 333 cm³/mol. The van der Waals surface area contributed by atoms with E-state index in [-0.39, 0.29) is 19.4 Å². The Hall–Kier alpha value is -4.20. The smallest absolute Gasteiger partial charge is 0.306 e. The van der Waals surface area contributed by atoms with Crippen LogP contribution in [0.3, 0.4) is 0 Å². The van der Waals surface area contributed by atoms with Crippen molar-refractivity contribution in [1.29, 1.82) is 0 Å². The molecule has 11 heteroatoms. The van der Waals surface area contributed by atoms with E-state index >= 15 is 0 Å². The minimum absolute atomic E-state index is 0.0204. The fraction of sp³-hybridized carbons (Fsp3) is 0.652. The van der Waals surface area contributed by atoms with E-state index in [1.807, 2.05) is 60.8 Å². The number of hydrogen-bond donors (Lipinski definition) is 6. The van der Waals surface area contributed by atoms with Gasteiger partial charge in [0.2, 0.25) is 5.91 Å². The maximum atomic E-state index is 13.4. The highest BCUT2D eigenvalue weighted by atomic mass is 16.7. The van der Waals surface area contributed by atoms with Crippen molar-refractivity contribution in [2.45, 2.75) is 275 Å². The van der Waals surface area contributed by atoms with Gasteiger partial charge in [-0.05, 0) is 83.5 Å². The lowest BCUT2D eigenvalue weighted by atomic mass is 9.99. The molecule has 1 saturated heterocycles. The van der Waals surface area contributed by atoms with Gasteiger partial charge in [-0.1, -0.05) is 270 Å². The number of aliphatic hydroxyl groups excluding tert-OH is 5. The number of ether oxygens (including phenoxy) is 3. The summed E-state index contributed by atoms with van der Waals surface area (Å²) >= 11 is 0. The number of allylic oxidation sites excluding steroid dienone is 21. The van der Waals surface area contributed by atoms with Gasteiger partial charge in [0.15, 0.2) is 12.4 Å². The molecule has 1 amide bonds. The largest absolute Gasteiger partial charge is 0.454 e. The molecule has 0 bridgehead atoms. The third-order valence-corrected chi connectivity index (χ3v) is 13.9. The summed E-state index contributed by atoms with van der Waals surface area (Å²) in [6.07, 6.45) is 67.9. The molecule has 0 saturated carbocycles. The lowest BCUT2D eigenvalue weighted by Gasteiger charge is -2.41. The van der Waals surface area contributed by atoms with Crippen molar-refractivity contribution in [1.82, 2.24) is 5.32 Å². The average molecular weight is 1120 g/mol. The SMILES string of the molecule is CC/C=C\C/C=C\C/C=C\C/C=C\C/C=C\CCCCCCCCCCCCC(O)C(=O)NC(COC1OC(CO)C(O)C(O)C1OC(=O)CCC/C=C/C=C\C=C/C=C/C=C/CC)C(O)/C=C/CCCCCCCCCCCC. The lowest BCUT2D eigenvalue weighted by Crippen LogP contribution is -2.61. The van der Waals surface area contributed by atoms with Crippen LogP contribution in [-0.4, -0.2) is 99.6 Å². The van der Waals surface area contributed by atoms with Gasteiger partial charge in [-0.3, -0.25) is 9.59 Å². The van der Waals surface area contributed by atoms with Crippen molar-refractivity contribution >= 4 is 11.9 Å². The maximum Gasteiger partial charge on any atom is 0.306 e. The topological polar surface area (TPSA) is 175 Å². The zero-order valence-corrected chi connectivity index (χ0v) is 50.1. The van der Waals surface area contributed by atoms with Crippen LogP contribution in [0.5, 0.6) is 0 Å². The first-order valence-electron chi connectivity index (χ1n) is 31.5. The molecular weight excluding hydrogens is 1000 g/mol. The molecule has 1 aliphatic heterocycles. The summed E-state index contributed by atoms with van der Waals surface area (Å²) in [7, 11) is 0. The number of nitrogens with one attached hydrogen (secondary N) is 1. The molecule has 0 aromatic heterocycles. The molecule has 0 spiro atoms. The first kappa shape index (κ1) is 73.8. The van der Waals surface area contributed by atoms with E-state index in [0.29, 0.717) is 19.3 Å². The van der Waals surface area contributed by atoms with Crippen molar-refractivity contribution in [3.8, 4) is 0 Å². The summed E-state index contributed by atoms with van der Waals surface area (Å²) in [5.41, 5.74) is 0. The number of carbonyl (C=O) groups is 2. The lowest BCUT2D eigenvalue weighted by molar-refractivity contribution is -0.305. The van der Waals surface area contributed by atoms with E-state index in [1.54, 1.807) is 6.08 Å². The monoisotopic (exact) mass is 1120 g/mol. The number of rotatable bonds is 51. The minimum Gasteiger partial charge on any atom is -0.454 e. The van der Waals surface area contributed by atoms with Gasteiger partial charge < -0.3 is 45.1 Å². The first-order chi connectivity index (χ1) is 39.2. The summed E-state index contributed by atoms with van der Waals surface area (Å²) in [5, 5.41) is 56.9. The molecule has 11 nitrogen and oxygen atoms in total. The fourth-order valence-electron chi connectivity index (χ4n) is 9.00. The Labute approximate surface area is 486 Å². The second-order valence-corrected chi connectivity index (χ2v) is 21.1. The Balaban J connectivity index is 2.64. The van der Waals surface area contributed by atoms with Crippen LogP contribution in [0.15, 0.2) is 134 Å². The van der Waals surface area contributed by atoms with Crippen molar-refractivity contribution < 1.29 is 49.3 Å². The summed E-state index contributed by atoms with van der Waals surface area (Å²) in [6, 6.07) is -1.05. The van der Waals surface area contributed by atoms with Gasteiger partial charge in [-0.15, -0.1) is 0 Å². The highest BCUT2D eigenvalue weighted by Crippen LogP contribution is 2.26. The van der Waals surface area contributed by atoms with Gasteiger partial charge in [0, 0.05) is 6.42 Å². The van der Waals surface area contributed by atoms with Crippen LogP contribution in [0.2, 0.25) is 0 Å². The molecule has 0 aromatic carbocycles. The Morgan fingerprint density at radius 1 is 0.512 bits per heavy atom. The maximum absolute atomic E-state index is 13.4. The van der Waals surface area contributed by atoms with Gasteiger partial charge in [-0.25, -0.2) is 0 Å². The average Bonchev–Trinajstić information content (AvgIpc) is 3.51. The van der Waals surface area contributed by atoms with Crippen LogP contribution in [-0.2, 0) is 23.8 Å². The first-order valence-corrected chi connectivity index (χ1v) is 31.5. The molecule has 0 aliphatic carbocycles. The molecule has 8 atom stereocenters. The summed E-state index contributed by atoms with van der Waals surface area (Å²) in [6.45, 7) is 5.47. The Morgan fingerprint density at radius 2 is 0.963 bits per heavy atom. The quantitative estimate of drug-likeness (QED) is 0.0149. The molecule has 80 heavy (non-hydrogen) atoms. The number of carbonyl (C=O) groups excluding carboxylic acids is 2. The standard InChI is InChI=1S/C69H113NO10/c1-4-7-10-13-16-19-22-25-26-27-28-29-30-31-32-33-34-35-36-37-39-41-44-47-50-53-56-62(73)68(77)70-60(61(72)55-52-49-46-43-40-24-21-18-15-12-9-6-3)59-78-69-67(66(76)65(75)63(58-71)79-69)80-64(74)57-54-51-48-45-42-38-23-20-17-14-11-8-5-2/h7-8,10-11,14,16-17,19-20,23,25-26,28-29,31-32,38,42,45,48,52,55,60-63,65-67,69,71-73,75-76H,4-6,9,12-13,15,18,21-22,24,27,30,33-37,39-41,43-44,46-47,49-51,53-54,56-59H2,1-3H3,(H,70,77)/b10-7-,11-8+,17-14+,19-16-,23-20-,26-25-,29-28-,32-31-,42-38-,48-45+,55-52+. The van der Waals surface area contributed by atoms with E-state index in [4.69, 9.17) is 14.2 Å². The zero-order chi connectivity index (χ0) is 58.2. The molecular formula is C69H113NO10. The van der Waals surface area contributed by atoms with Crippen LogP contribution in [0.1, 0.15) is 226 Å². The van der Waals surface area contributed by atoms with E-state index in [2.05, 4.69) is 92.9 Å². The number of amides is 1. The molecule has 0 aromatic rings. The van der Waals surface area contributed by atoms with E-state index < -0.39 is 67.4 Å². The van der Waals surface area contributed by atoms with Crippen LogP contribution < -0.4 is 5.32 Å². The van der Waals surface area contributed by atoms with Gasteiger partial charge in [0.1, 0.15) is 24.4 Å². The number of unbranched alkanes of at least 4 members (excludes halogenated alkanes) is 21. The van der Waals surface area contributed by atoms with Crippen LogP contribution in [0.25, 0.3) is 0 Å². The Morgan fingerprint density at radius 3 is 1.49 bits per heavy atom. The van der Waals surface area contributed by atoms with Crippen molar-refractivity contribution in [3.05, 3.63) is 134 Å². The fourth-order valence-corrected chi connectivity index (χ4v) is 9.00. The minimum atomic E-state index is -1.65. The highest BCUT2D eigenvalue weighted by molar-refractivity contribution is 5.80. The predicted octanol–water partition coefficient (Wildman–Crippen LogP) is 15.2. The van der Waals surface area contributed by atoms with Gasteiger partial charge >= 0.3 is 5.97 Å². The molecule has 1 aliphatic rings. The molecule has 8 unspecified atom stereocenters. The Bertz CT molecular complexity index is 1810. The second-order valence-electron chi connectivity index (χ2n) is 21.1. The number of esters is 1. The molecule has 1 heterocycles. The number of aliphatic hydroxyl groups is 5. The molecule has 1 rings (SSSR count). The van der Waals surface area contributed by atoms with Crippen LogP contribution >= 0.6 is 0 Å². The molecule has 0 radical (unpaired) electrons. The van der Waals surface area contributed by atoms with Gasteiger partial charge in [-0.2, -0.15) is 0 Å². The summed E-state index contributed by atoms with van der Waals surface area (Å²) in [4.78, 5) is 26.5. The normalized spacial score (nSPS) is 19.7. The second kappa shape index (κ2) is 55.3. The number of hydrogen-bond acceptors (Lipinski definition) is 10. The molecule has 454 valence electrons. The van der Waals surface area contributed by atoms with Crippen molar-refractivity contribution in [2.75, 3.05) is 13.2 Å². The van der Waals surface area contributed by atoms with Crippen LogP contribution in [0.4, 0.5) is 0 Å². The van der Waals surface area contributed by atoms with E-state index in [0.717, 1.165) is 89.9 Å². The third kappa shape index (κ3) is 42.6. The van der Waals surface area contributed by atoms with Gasteiger partial charge in [0.25, 0.3) is 0 Å². The third-order valence-electron chi connectivity index (χ3n) is 13.9. The van der Waals surface area contributed by atoms with E-state index in [9.17, 15) is 35.1 Å². The molecule has 1 fully saturated rings. The van der Waals surface area contributed by atoms with E-state index in [1.165, 1.54) is 83.5 Å². The molecule has 6 N–H and O–H groups in total. The zero-order valence-electron chi connectivity index (χ0n) is 50.1. The van der Waals surface area contributed by atoms with Crippen molar-refractivity contribution in [2.24, 2.45) is 0 Å².